The Labute approximate surface area is 134 Å². The fourth-order valence-corrected chi connectivity index (χ4v) is 3.41. The fourth-order valence-electron chi connectivity index (χ4n) is 2.44. The summed E-state index contributed by atoms with van der Waals surface area (Å²) in [4.78, 5) is 17.1. The van der Waals surface area contributed by atoms with Crippen molar-refractivity contribution in [3.8, 4) is 11.1 Å². The summed E-state index contributed by atoms with van der Waals surface area (Å²) < 4.78 is 2.49. The van der Waals surface area contributed by atoms with Crippen molar-refractivity contribution < 1.29 is 0 Å². The monoisotopic (exact) mass is 312 g/mol. The molecule has 0 atom stereocenters. The minimum Gasteiger partial charge on any atom is -0.298 e. The van der Waals surface area contributed by atoms with Crippen molar-refractivity contribution in [3.05, 3.63) is 51.9 Å². The Hall–Kier alpha value is -1.94. The van der Waals surface area contributed by atoms with Gasteiger partial charge in [0.1, 0.15) is 4.70 Å². The summed E-state index contributed by atoms with van der Waals surface area (Å²) in [6.45, 7) is 7.13. The van der Waals surface area contributed by atoms with Crippen LogP contribution in [-0.2, 0) is 6.54 Å². The number of nitrogens with zero attached hydrogens (tertiary/aromatic N) is 2. The number of benzene rings is 1. The van der Waals surface area contributed by atoms with Gasteiger partial charge in [-0.3, -0.25) is 9.36 Å². The summed E-state index contributed by atoms with van der Waals surface area (Å²) in [7, 11) is 0. The molecule has 114 valence electrons. The van der Waals surface area contributed by atoms with Crippen LogP contribution < -0.4 is 5.56 Å². The van der Waals surface area contributed by atoms with Gasteiger partial charge in [-0.1, -0.05) is 43.7 Å². The second-order valence-electron chi connectivity index (χ2n) is 6.12. The quantitative estimate of drug-likeness (QED) is 0.712. The Morgan fingerprint density at radius 3 is 2.64 bits per heavy atom. The van der Waals surface area contributed by atoms with Crippen molar-refractivity contribution in [1.29, 1.82) is 0 Å². The maximum absolute atomic E-state index is 12.6. The van der Waals surface area contributed by atoms with Crippen LogP contribution in [0.15, 0.2) is 40.8 Å². The predicted octanol–water partition coefficient (Wildman–Crippen LogP) is 4.48. The van der Waals surface area contributed by atoms with E-state index < -0.39 is 0 Å². The van der Waals surface area contributed by atoms with Crippen molar-refractivity contribution in [2.24, 2.45) is 5.92 Å². The van der Waals surface area contributed by atoms with Gasteiger partial charge in [0.2, 0.25) is 0 Å². The highest BCUT2D eigenvalue weighted by Crippen LogP contribution is 2.30. The molecule has 0 saturated carbocycles. The molecule has 0 radical (unpaired) electrons. The summed E-state index contributed by atoms with van der Waals surface area (Å²) in [5.41, 5.74) is 4.29. The maximum atomic E-state index is 12.6. The number of hydrogen-bond donors (Lipinski definition) is 0. The van der Waals surface area contributed by atoms with E-state index in [2.05, 4.69) is 50.0 Å². The molecule has 1 aromatic carbocycles. The van der Waals surface area contributed by atoms with Gasteiger partial charge in [-0.2, -0.15) is 0 Å². The predicted molar refractivity (Wildman–Crippen MR) is 93.5 cm³/mol. The van der Waals surface area contributed by atoms with E-state index in [-0.39, 0.29) is 5.56 Å². The average molecular weight is 312 g/mol. The lowest BCUT2D eigenvalue weighted by Crippen LogP contribution is -2.20. The molecule has 0 amide bonds. The Balaban J connectivity index is 2.04. The van der Waals surface area contributed by atoms with Gasteiger partial charge in [-0.05, 0) is 24.8 Å². The lowest BCUT2D eigenvalue weighted by molar-refractivity contribution is 0.506. The molecule has 0 aliphatic carbocycles. The molecule has 3 aromatic rings. The third kappa shape index (κ3) is 2.83. The molecule has 0 N–H and O–H groups in total. The molecule has 22 heavy (non-hydrogen) atoms. The molecular formula is C18H20N2OS. The lowest BCUT2D eigenvalue weighted by atomic mass is 10.1. The van der Waals surface area contributed by atoms with Crippen molar-refractivity contribution in [2.75, 3.05) is 0 Å². The molecule has 0 aliphatic rings. The van der Waals surface area contributed by atoms with Crippen LogP contribution in [0.3, 0.4) is 0 Å². The largest absolute Gasteiger partial charge is 0.298 e. The van der Waals surface area contributed by atoms with Gasteiger partial charge in [0.25, 0.3) is 5.56 Å². The first-order valence-electron chi connectivity index (χ1n) is 7.60. The van der Waals surface area contributed by atoms with Gasteiger partial charge >= 0.3 is 0 Å². The number of thiophene rings is 1. The SMILES string of the molecule is Cc1ccc(-c2csc3c(=O)n(CCC(C)C)cnc23)cc1. The molecule has 3 nitrogen and oxygen atoms in total. The molecule has 0 aliphatic heterocycles. The van der Waals surface area contributed by atoms with Gasteiger partial charge in [0, 0.05) is 17.5 Å². The van der Waals surface area contributed by atoms with Crippen LogP contribution >= 0.6 is 11.3 Å². The van der Waals surface area contributed by atoms with Crippen LogP contribution in [0, 0.1) is 12.8 Å². The first-order chi connectivity index (χ1) is 10.6. The van der Waals surface area contributed by atoms with E-state index in [1.807, 2.05) is 5.38 Å². The number of aryl methyl sites for hydroxylation is 2. The highest BCUT2D eigenvalue weighted by molar-refractivity contribution is 7.17. The van der Waals surface area contributed by atoms with Gasteiger partial charge < -0.3 is 0 Å². The molecule has 0 spiro atoms. The molecular weight excluding hydrogens is 292 g/mol. The van der Waals surface area contributed by atoms with E-state index in [1.54, 1.807) is 10.9 Å². The second kappa shape index (κ2) is 6.05. The topological polar surface area (TPSA) is 34.9 Å². The van der Waals surface area contributed by atoms with E-state index in [9.17, 15) is 4.79 Å². The lowest BCUT2D eigenvalue weighted by Gasteiger charge is -2.07. The Bertz CT molecular complexity index is 844. The van der Waals surface area contributed by atoms with Gasteiger partial charge in [-0.15, -0.1) is 11.3 Å². The van der Waals surface area contributed by atoms with Crippen molar-refractivity contribution in [3.63, 3.8) is 0 Å². The number of hydrogen-bond acceptors (Lipinski definition) is 3. The smallest absolute Gasteiger partial charge is 0.271 e. The average Bonchev–Trinajstić information content (AvgIpc) is 2.92. The highest BCUT2D eigenvalue weighted by atomic mass is 32.1. The molecule has 0 bridgehead atoms. The van der Waals surface area contributed by atoms with E-state index in [0.717, 1.165) is 34.3 Å². The van der Waals surface area contributed by atoms with Crippen LogP contribution in [-0.4, -0.2) is 9.55 Å². The highest BCUT2D eigenvalue weighted by Gasteiger charge is 2.12. The molecule has 0 unspecified atom stereocenters. The summed E-state index contributed by atoms with van der Waals surface area (Å²) in [6.07, 6.45) is 2.68. The molecule has 0 fully saturated rings. The first-order valence-corrected chi connectivity index (χ1v) is 8.48. The van der Waals surface area contributed by atoms with Crippen LogP contribution in [0.1, 0.15) is 25.8 Å². The van der Waals surface area contributed by atoms with Gasteiger partial charge in [-0.25, -0.2) is 4.98 Å². The zero-order valence-electron chi connectivity index (χ0n) is 13.2. The Morgan fingerprint density at radius 1 is 1.23 bits per heavy atom. The first kappa shape index (κ1) is 15.0. The number of rotatable bonds is 4. The molecule has 2 heterocycles. The normalized spacial score (nSPS) is 11.5. The molecule has 3 rings (SSSR count). The van der Waals surface area contributed by atoms with Crippen LogP contribution in [0.5, 0.6) is 0 Å². The zero-order chi connectivity index (χ0) is 15.7. The van der Waals surface area contributed by atoms with E-state index in [4.69, 9.17) is 0 Å². The number of aromatic nitrogens is 2. The maximum Gasteiger partial charge on any atom is 0.271 e. The minimum atomic E-state index is 0.0778. The van der Waals surface area contributed by atoms with Crippen molar-refractivity contribution >= 4 is 21.6 Å². The molecule has 0 saturated heterocycles. The minimum absolute atomic E-state index is 0.0778. The fraction of sp³-hybridized carbons (Fsp3) is 0.333. The van der Waals surface area contributed by atoms with Gasteiger partial charge in [0.15, 0.2) is 0 Å². The summed E-state index contributed by atoms with van der Waals surface area (Å²) in [5, 5.41) is 2.04. The van der Waals surface area contributed by atoms with Crippen LogP contribution in [0.25, 0.3) is 21.3 Å². The summed E-state index contributed by atoms with van der Waals surface area (Å²) in [6, 6.07) is 8.34. The molecule has 4 heteroatoms. The van der Waals surface area contributed by atoms with Crippen LogP contribution in [0.4, 0.5) is 0 Å². The Kier molecular flexibility index (Phi) is 4.12. The number of fused-ring (bicyclic) bond motifs is 1. The third-order valence-electron chi connectivity index (χ3n) is 3.86. The van der Waals surface area contributed by atoms with E-state index in [1.165, 1.54) is 16.9 Å². The van der Waals surface area contributed by atoms with Crippen molar-refractivity contribution in [2.45, 2.75) is 33.7 Å². The Morgan fingerprint density at radius 2 is 1.95 bits per heavy atom. The summed E-state index contributed by atoms with van der Waals surface area (Å²) >= 11 is 1.49. The second-order valence-corrected chi connectivity index (χ2v) is 7.00. The van der Waals surface area contributed by atoms with Crippen LogP contribution in [0.2, 0.25) is 0 Å². The van der Waals surface area contributed by atoms with Crippen molar-refractivity contribution in [1.82, 2.24) is 9.55 Å². The zero-order valence-corrected chi connectivity index (χ0v) is 14.0. The molecule has 2 aromatic heterocycles. The van der Waals surface area contributed by atoms with E-state index in [0.29, 0.717) is 5.92 Å². The standard InChI is InChI=1S/C18H20N2OS/c1-12(2)8-9-20-11-19-16-15(10-22-17(16)18(20)21)14-6-4-13(3)5-7-14/h4-7,10-12H,8-9H2,1-3H3. The van der Waals surface area contributed by atoms with Gasteiger partial charge in [0.05, 0.1) is 11.8 Å². The summed E-state index contributed by atoms with van der Waals surface area (Å²) in [5.74, 6) is 0.578. The third-order valence-corrected chi connectivity index (χ3v) is 4.81. The van der Waals surface area contributed by atoms with E-state index >= 15 is 0 Å².